The van der Waals surface area contributed by atoms with E-state index >= 15 is 0 Å². The molecule has 0 saturated heterocycles. The average molecular weight is 241 g/mol. The first kappa shape index (κ1) is 8.56. The molecule has 2 rings (SSSR count). The Morgan fingerprint density at radius 1 is 1.54 bits per heavy atom. The van der Waals surface area contributed by atoms with Gasteiger partial charge in [-0.05, 0) is 12.1 Å². The summed E-state index contributed by atoms with van der Waals surface area (Å²) >= 11 is 3.45. The van der Waals surface area contributed by atoms with Crippen LogP contribution in [0.15, 0.2) is 22.7 Å². The molecule has 0 atom stereocenters. The zero-order valence-electron chi connectivity index (χ0n) is 7.17. The molecular weight excluding hydrogens is 232 g/mol. The van der Waals surface area contributed by atoms with Gasteiger partial charge in [0, 0.05) is 22.8 Å². The molecule has 68 valence electrons. The van der Waals surface area contributed by atoms with Crippen LogP contribution in [-0.2, 0) is 6.54 Å². The molecule has 1 aliphatic rings. The predicted molar refractivity (Wildman–Crippen MR) is 54.6 cm³/mol. The molecule has 0 fully saturated rings. The Kier molecular flexibility index (Phi) is 2.00. The second-order valence-electron chi connectivity index (χ2n) is 3.05. The molecule has 0 bridgehead atoms. The van der Waals surface area contributed by atoms with Crippen molar-refractivity contribution in [2.75, 3.05) is 12.4 Å². The van der Waals surface area contributed by atoms with Gasteiger partial charge in [-0.1, -0.05) is 22.0 Å². The molecule has 13 heavy (non-hydrogen) atoms. The van der Waals surface area contributed by atoms with Crippen LogP contribution in [0.2, 0.25) is 0 Å². The largest absolute Gasteiger partial charge is 0.323 e. The Balaban J connectivity index is 2.48. The number of nitrogens with zero attached hydrogens (tertiary/aromatic N) is 1. The normalized spacial score (nSPS) is 15.2. The number of carbonyl (C=O) groups excluding carboxylic acids is 1. The highest BCUT2D eigenvalue weighted by Crippen LogP contribution is 2.28. The zero-order chi connectivity index (χ0) is 9.42. The molecule has 0 aromatic heterocycles. The summed E-state index contributed by atoms with van der Waals surface area (Å²) in [5.41, 5.74) is 2.03. The van der Waals surface area contributed by atoms with Gasteiger partial charge in [-0.2, -0.15) is 0 Å². The first-order chi connectivity index (χ1) is 6.18. The van der Waals surface area contributed by atoms with Crippen LogP contribution < -0.4 is 5.32 Å². The maximum absolute atomic E-state index is 11.3. The molecular formula is C9H9BrN2O. The lowest BCUT2D eigenvalue weighted by atomic mass is 10.1. The van der Waals surface area contributed by atoms with E-state index in [2.05, 4.69) is 21.2 Å². The SMILES string of the molecule is CN1Cc2c(Br)cccc2NC1=O. The maximum atomic E-state index is 11.3. The number of anilines is 1. The van der Waals surface area contributed by atoms with Gasteiger partial charge in [0.1, 0.15) is 0 Å². The fourth-order valence-electron chi connectivity index (χ4n) is 1.36. The molecule has 1 aromatic carbocycles. The van der Waals surface area contributed by atoms with E-state index in [0.29, 0.717) is 6.54 Å². The molecule has 0 aliphatic carbocycles. The Morgan fingerprint density at radius 2 is 2.31 bits per heavy atom. The molecule has 1 aliphatic heterocycles. The summed E-state index contributed by atoms with van der Waals surface area (Å²) in [5, 5.41) is 2.81. The number of rotatable bonds is 0. The van der Waals surface area contributed by atoms with Gasteiger partial charge in [-0.25, -0.2) is 4.79 Å². The summed E-state index contributed by atoms with van der Waals surface area (Å²) in [6.07, 6.45) is 0. The Hall–Kier alpha value is -1.03. The van der Waals surface area contributed by atoms with Gasteiger partial charge in [0.05, 0.1) is 6.54 Å². The third kappa shape index (κ3) is 1.42. The Bertz CT molecular complexity index is 365. The van der Waals surface area contributed by atoms with Crippen LogP contribution in [0.4, 0.5) is 10.5 Å². The van der Waals surface area contributed by atoms with Crippen molar-refractivity contribution in [2.24, 2.45) is 0 Å². The van der Waals surface area contributed by atoms with Crippen molar-refractivity contribution < 1.29 is 4.79 Å². The van der Waals surface area contributed by atoms with E-state index in [1.165, 1.54) is 0 Å². The third-order valence-electron chi connectivity index (χ3n) is 2.10. The van der Waals surface area contributed by atoms with Crippen LogP contribution in [0, 0.1) is 0 Å². The smallest absolute Gasteiger partial charge is 0.321 e. The summed E-state index contributed by atoms with van der Waals surface area (Å²) in [6.45, 7) is 0.655. The second-order valence-corrected chi connectivity index (χ2v) is 3.91. The van der Waals surface area contributed by atoms with Gasteiger partial charge in [-0.3, -0.25) is 0 Å². The minimum absolute atomic E-state index is 0.0504. The van der Waals surface area contributed by atoms with Gasteiger partial charge >= 0.3 is 6.03 Å². The first-order valence-corrected chi connectivity index (χ1v) is 4.77. The van der Waals surface area contributed by atoms with Gasteiger partial charge in [0.15, 0.2) is 0 Å². The van der Waals surface area contributed by atoms with Crippen LogP contribution in [0.3, 0.4) is 0 Å². The Labute approximate surface area is 84.9 Å². The summed E-state index contributed by atoms with van der Waals surface area (Å²) < 4.78 is 1.04. The van der Waals surface area contributed by atoms with Crippen LogP contribution in [0.1, 0.15) is 5.56 Å². The van der Waals surface area contributed by atoms with Crippen molar-refractivity contribution >= 4 is 27.6 Å². The van der Waals surface area contributed by atoms with E-state index in [9.17, 15) is 4.79 Å². The number of hydrogen-bond donors (Lipinski definition) is 1. The van der Waals surface area contributed by atoms with Crippen LogP contribution in [-0.4, -0.2) is 18.0 Å². The van der Waals surface area contributed by atoms with E-state index < -0.39 is 0 Å². The lowest BCUT2D eigenvalue weighted by molar-refractivity contribution is 0.218. The zero-order valence-corrected chi connectivity index (χ0v) is 8.76. The van der Waals surface area contributed by atoms with E-state index in [1.54, 1.807) is 11.9 Å². The topological polar surface area (TPSA) is 32.3 Å². The van der Waals surface area contributed by atoms with E-state index in [0.717, 1.165) is 15.7 Å². The molecule has 3 nitrogen and oxygen atoms in total. The minimum atomic E-state index is -0.0504. The van der Waals surface area contributed by atoms with Crippen molar-refractivity contribution in [3.05, 3.63) is 28.2 Å². The monoisotopic (exact) mass is 240 g/mol. The van der Waals surface area contributed by atoms with E-state index in [-0.39, 0.29) is 6.03 Å². The van der Waals surface area contributed by atoms with E-state index in [1.807, 2.05) is 18.2 Å². The molecule has 1 heterocycles. The maximum Gasteiger partial charge on any atom is 0.321 e. The van der Waals surface area contributed by atoms with Crippen LogP contribution in [0.5, 0.6) is 0 Å². The van der Waals surface area contributed by atoms with Crippen molar-refractivity contribution in [2.45, 2.75) is 6.54 Å². The number of halogens is 1. The van der Waals surface area contributed by atoms with Gasteiger partial charge in [-0.15, -0.1) is 0 Å². The van der Waals surface area contributed by atoms with Crippen molar-refractivity contribution in [3.63, 3.8) is 0 Å². The predicted octanol–water partition coefficient (Wildman–Crippen LogP) is 2.43. The molecule has 1 aromatic rings. The lowest BCUT2D eigenvalue weighted by Gasteiger charge is -2.26. The quantitative estimate of drug-likeness (QED) is 0.743. The summed E-state index contributed by atoms with van der Waals surface area (Å²) in [6, 6.07) is 5.74. The number of fused-ring (bicyclic) bond motifs is 1. The minimum Gasteiger partial charge on any atom is -0.323 e. The highest BCUT2D eigenvalue weighted by Gasteiger charge is 2.20. The molecule has 0 saturated carbocycles. The summed E-state index contributed by atoms with van der Waals surface area (Å²) in [5.74, 6) is 0. The standard InChI is InChI=1S/C9H9BrN2O/c1-12-5-6-7(10)3-2-4-8(6)11-9(12)13/h2-4H,5H2,1H3,(H,11,13). The highest BCUT2D eigenvalue weighted by molar-refractivity contribution is 9.10. The van der Waals surface area contributed by atoms with Gasteiger partial charge < -0.3 is 10.2 Å². The summed E-state index contributed by atoms with van der Waals surface area (Å²) in [7, 11) is 1.78. The fourth-order valence-corrected chi connectivity index (χ4v) is 1.85. The molecule has 0 unspecified atom stereocenters. The molecule has 4 heteroatoms. The first-order valence-electron chi connectivity index (χ1n) is 3.98. The third-order valence-corrected chi connectivity index (χ3v) is 2.85. The number of urea groups is 1. The number of amides is 2. The van der Waals surface area contributed by atoms with Gasteiger partial charge in [0.25, 0.3) is 0 Å². The highest BCUT2D eigenvalue weighted by atomic mass is 79.9. The molecule has 0 spiro atoms. The fraction of sp³-hybridized carbons (Fsp3) is 0.222. The second kappa shape index (κ2) is 3.03. The number of benzene rings is 1. The van der Waals surface area contributed by atoms with Crippen molar-refractivity contribution in [1.82, 2.24) is 4.90 Å². The molecule has 0 radical (unpaired) electrons. The van der Waals surface area contributed by atoms with Crippen molar-refractivity contribution in [1.29, 1.82) is 0 Å². The van der Waals surface area contributed by atoms with Crippen LogP contribution >= 0.6 is 15.9 Å². The number of carbonyl (C=O) groups is 1. The number of nitrogens with one attached hydrogen (secondary N) is 1. The Morgan fingerprint density at radius 3 is 3.08 bits per heavy atom. The van der Waals surface area contributed by atoms with Crippen LogP contribution in [0.25, 0.3) is 0 Å². The average Bonchev–Trinajstić information content (AvgIpc) is 2.09. The van der Waals surface area contributed by atoms with E-state index in [4.69, 9.17) is 0 Å². The lowest BCUT2D eigenvalue weighted by Crippen LogP contribution is -2.35. The summed E-state index contributed by atoms with van der Waals surface area (Å²) in [4.78, 5) is 12.9. The molecule has 1 N–H and O–H groups in total. The number of hydrogen-bond acceptors (Lipinski definition) is 1. The van der Waals surface area contributed by atoms with Gasteiger partial charge in [0.2, 0.25) is 0 Å². The molecule has 2 amide bonds. The van der Waals surface area contributed by atoms with Crippen molar-refractivity contribution in [3.8, 4) is 0 Å².